The van der Waals surface area contributed by atoms with Crippen LogP contribution in [0.3, 0.4) is 0 Å². The third-order valence-corrected chi connectivity index (χ3v) is 3.34. The molecule has 0 saturated carbocycles. The molecule has 0 fully saturated rings. The molecule has 2 aromatic rings. The Morgan fingerprint density at radius 1 is 1.19 bits per heavy atom. The summed E-state index contributed by atoms with van der Waals surface area (Å²) in [5, 5.41) is 0. The Morgan fingerprint density at radius 3 is 2.67 bits per heavy atom. The first-order valence-corrected chi connectivity index (χ1v) is 6.68. The number of carbonyl (C=O) groups is 1. The van der Waals surface area contributed by atoms with Gasteiger partial charge in [-0.3, -0.25) is 0 Å². The number of benzene rings is 2. The van der Waals surface area contributed by atoms with E-state index in [-0.39, 0.29) is 6.61 Å². The van der Waals surface area contributed by atoms with Crippen LogP contribution in [0.25, 0.3) is 0 Å². The topological polar surface area (TPSA) is 61.5 Å². The number of methoxy groups -OCH3 is 1. The van der Waals surface area contributed by atoms with Crippen LogP contribution >= 0.6 is 0 Å². The Balaban J connectivity index is 2.15. The number of aryl methyl sites for hydroxylation is 2. The molecule has 2 rings (SSSR count). The van der Waals surface area contributed by atoms with E-state index in [0.717, 1.165) is 16.7 Å². The summed E-state index contributed by atoms with van der Waals surface area (Å²) in [5.41, 5.74) is 9.52. The third kappa shape index (κ3) is 3.34. The molecule has 0 aliphatic rings. The molecule has 4 nitrogen and oxygen atoms in total. The quantitative estimate of drug-likeness (QED) is 0.692. The van der Waals surface area contributed by atoms with E-state index in [2.05, 4.69) is 0 Å². The zero-order valence-electron chi connectivity index (χ0n) is 12.5. The van der Waals surface area contributed by atoms with E-state index in [1.165, 1.54) is 0 Å². The van der Waals surface area contributed by atoms with E-state index in [0.29, 0.717) is 17.0 Å². The van der Waals surface area contributed by atoms with Crippen molar-refractivity contribution in [2.24, 2.45) is 0 Å². The van der Waals surface area contributed by atoms with E-state index in [1.54, 1.807) is 19.2 Å². The first kappa shape index (κ1) is 14.9. The van der Waals surface area contributed by atoms with Gasteiger partial charge in [0.05, 0.1) is 12.7 Å². The molecule has 2 N–H and O–H groups in total. The lowest BCUT2D eigenvalue weighted by molar-refractivity contribution is 0.0471. The maximum atomic E-state index is 12.1. The molecule has 0 atom stereocenters. The van der Waals surface area contributed by atoms with Gasteiger partial charge in [-0.2, -0.15) is 0 Å². The van der Waals surface area contributed by atoms with Gasteiger partial charge in [-0.25, -0.2) is 4.79 Å². The fourth-order valence-electron chi connectivity index (χ4n) is 2.10. The van der Waals surface area contributed by atoms with Crippen LogP contribution in [0, 0.1) is 13.8 Å². The van der Waals surface area contributed by atoms with Crippen LogP contribution in [0.4, 0.5) is 5.69 Å². The Morgan fingerprint density at radius 2 is 1.95 bits per heavy atom. The van der Waals surface area contributed by atoms with Crippen molar-refractivity contribution in [3.8, 4) is 5.75 Å². The Labute approximate surface area is 124 Å². The Kier molecular flexibility index (Phi) is 4.48. The number of nitrogen functional groups attached to an aromatic ring is 1. The van der Waals surface area contributed by atoms with Gasteiger partial charge in [-0.15, -0.1) is 0 Å². The number of anilines is 1. The van der Waals surface area contributed by atoms with Gasteiger partial charge in [0.1, 0.15) is 12.4 Å². The highest BCUT2D eigenvalue weighted by molar-refractivity contribution is 5.95. The monoisotopic (exact) mass is 285 g/mol. The fourth-order valence-corrected chi connectivity index (χ4v) is 2.10. The average Bonchev–Trinajstić information content (AvgIpc) is 2.47. The first-order valence-electron chi connectivity index (χ1n) is 6.68. The van der Waals surface area contributed by atoms with Gasteiger partial charge in [0.2, 0.25) is 0 Å². The SMILES string of the molecule is COc1ccc(C)cc1COC(=O)c1cccc(C)c1N. The lowest BCUT2D eigenvalue weighted by Gasteiger charge is -2.11. The second-order valence-corrected chi connectivity index (χ2v) is 4.93. The third-order valence-electron chi connectivity index (χ3n) is 3.34. The summed E-state index contributed by atoms with van der Waals surface area (Å²) in [7, 11) is 1.59. The predicted molar refractivity (Wildman–Crippen MR) is 82.4 cm³/mol. The highest BCUT2D eigenvalue weighted by atomic mass is 16.5. The van der Waals surface area contributed by atoms with E-state index >= 15 is 0 Å². The second-order valence-electron chi connectivity index (χ2n) is 4.93. The van der Waals surface area contributed by atoms with Crippen LogP contribution in [-0.2, 0) is 11.3 Å². The maximum Gasteiger partial charge on any atom is 0.340 e. The molecule has 2 aromatic carbocycles. The highest BCUT2D eigenvalue weighted by Crippen LogP contribution is 2.22. The lowest BCUT2D eigenvalue weighted by Crippen LogP contribution is -2.09. The zero-order chi connectivity index (χ0) is 15.4. The molecule has 0 amide bonds. The summed E-state index contributed by atoms with van der Waals surface area (Å²) in [6.07, 6.45) is 0. The molecule has 0 heterocycles. The van der Waals surface area contributed by atoms with Crippen molar-refractivity contribution in [2.75, 3.05) is 12.8 Å². The van der Waals surface area contributed by atoms with Crippen LogP contribution in [0.1, 0.15) is 27.0 Å². The number of esters is 1. The second kappa shape index (κ2) is 6.31. The van der Waals surface area contributed by atoms with Crippen molar-refractivity contribution in [1.82, 2.24) is 0 Å². The van der Waals surface area contributed by atoms with E-state index in [4.69, 9.17) is 15.2 Å². The molecule has 4 heteroatoms. The van der Waals surface area contributed by atoms with Crippen molar-refractivity contribution >= 4 is 11.7 Å². The Hall–Kier alpha value is -2.49. The summed E-state index contributed by atoms with van der Waals surface area (Å²) >= 11 is 0. The molecular formula is C17H19NO3. The van der Waals surface area contributed by atoms with Crippen LogP contribution < -0.4 is 10.5 Å². The summed E-state index contributed by atoms with van der Waals surface area (Å²) < 4.78 is 10.6. The number of rotatable bonds is 4. The zero-order valence-corrected chi connectivity index (χ0v) is 12.5. The molecule has 0 bridgehead atoms. The fraction of sp³-hybridized carbons (Fsp3) is 0.235. The predicted octanol–water partition coefficient (Wildman–Crippen LogP) is 3.25. The van der Waals surface area contributed by atoms with Crippen LogP contribution in [0.5, 0.6) is 5.75 Å². The minimum Gasteiger partial charge on any atom is -0.496 e. The minimum absolute atomic E-state index is 0.150. The standard InChI is InChI=1S/C17H19NO3/c1-11-7-8-15(20-3)13(9-11)10-21-17(19)14-6-4-5-12(2)16(14)18/h4-9H,10,18H2,1-3H3. The number of para-hydroxylation sites is 1. The summed E-state index contributed by atoms with van der Waals surface area (Å²) in [5.74, 6) is 0.269. The van der Waals surface area contributed by atoms with Crippen LogP contribution in [-0.4, -0.2) is 13.1 Å². The lowest BCUT2D eigenvalue weighted by atomic mass is 10.1. The van der Waals surface area contributed by atoms with Gasteiger partial charge >= 0.3 is 5.97 Å². The maximum absolute atomic E-state index is 12.1. The van der Waals surface area contributed by atoms with Crippen molar-refractivity contribution in [3.63, 3.8) is 0 Å². The van der Waals surface area contributed by atoms with E-state index < -0.39 is 5.97 Å². The van der Waals surface area contributed by atoms with Crippen molar-refractivity contribution < 1.29 is 14.3 Å². The largest absolute Gasteiger partial charge is 0.496 e. The average molecular weight is 285 g/mol. The van der Waals surface area contributed by atoms with Crippen molar-refractivity contribution in [1.29, 1.82) is 0 Å². The number of nitrogens with two attached hydrogens (primary N) is 1. The molecule has 0 aromatic heterocycles. The van der Waals surface area contributed by atoms with E-state index in [9.17, 15) is 4.79 Å². The number of hydrogen-bond acceptors (Lipinski definition) is 4. The molecule has 0 aliphatic heterocycles. The molecule has 21 heavy (non-hydrogen) atoms. The molecule has 0 unspecified atom stereocenters. The van der Waals surface area contributed by atoms with Gasteiger partial charge in [0, 0.05) is 11.3 Å². The number of hydrogen-bond donors (Lipinski definition) is 1. The summed E-state index contributed by atoms with van der Waals surface area (Å²) in [4.78, 5) is 12.1. The molecule has 0 spiro atoms. The van der Waals surface area contributed by atoms with Gasteiger partial charge in [0.25, 0.3) is 0 Å². The molecule has 110 valence electrons. The number of ether oxygens (including phenoxy) is 2. The molecule has 0 radical (unpaired) electrons. The van der Waals surface area contributed by atoms with Crippen LogP contribution in [0.15, 0.2) is 36.4 Å². The molecule has 0 saturated heterocycles. The Bertz CT molecular complexity index is 665. The summed E-state index contributed by atoms with van der Waals surface area (Å²) in [6, 6.07) is 11.1. The smallest absolute Gasteiger partial charge is 0.340 e. The van der Waals surface area contributed by atoms with Gasteiger partial charge in [0.15, 0.2) is 0 Å². The van der Waals surface area contributed by atoms with Gasteiger partial charge < -0.3 is 15.2 Å². The van der Waals surface area contributed by atoms with Gasteiger partial charge in [-0.05, 0) is 37.6 Å². The molecule has 0 aliphatic carbocycles. The minimum atomic E-state index is -0.431. The summed E-state index contributed by atoms with van der Waals surface area (Å²) in [6.45, 7) is 3.98. The van der Waals surface area contributed by atoms with Gasteiger partial charge in [-0.1, -0.05) is 23.8 Å². The molecular weight excluding hydrogens is 266 g/mol. The van der Waals surface area contributed by atoms with Crippen molar-refractivity contribution in [2.45, 2.75) is 20.5 Å². The number of carbonyl (C=O) groups excluding carboxylic acids is 1. The van der Waals surface area contributed by atoms with Crippen molar-refractivity contribution in [3.05, 3.63) is 58.7 Å². The van der Waals surface area contributed by atoms with Crippen LogP contribution in [0.2, 0.25) is 0 Å². The normalized spacial score (nSPS) is 10.2. The van der Waals surface area contributed by atoms with E-state index in [1.807, 2.05) is 38.1 Å². The highest BCUT2D eigenvalue weighted by Gasteiger charge is 2.13. The first-order chi connectivity index (χ1) is 10.0.